The molecule has 4 rings (SSSR count). The summed E-state index contributed by atoms with van der Waals surface area (Å²) in [6.07, 6.45) is -3.89. The van der Waals surface area contributed by atoms with E-state index in [9.17, 15) is 31.5 Å². The SMILES string of the molecule is CCC(=O)c1cc(Nc2ncc(F)c(N(C)c3ccc(CC(=O)Cc4cc(C(F)(F)F)ccc4F)cc3)n2)ccc1C. The molecule has 0 aliphatic carbocycles. The van der Waals surface area contributed by atoms with Gasteiger partial charge in [0.2, 0.25) is 5.95 Å². The molecule has 0 fully saturated rings. The number of anilines is 4. The van der Waals surface area contributed by atoms with E-state index in [0.29, 0.717) is 47.1 Å². The van der Waals surface area contributed by atoms with Crippen molar-refractivity contribution in [2.24, 2.45) is 0 Å². The van der Waals surface area contributed by atoms with Crippen LogP contribution in [0.1, 0.15) is 46.0 Å². The highest BCUT2D eigenvalue weighted by Crippen LogP contribution is 2.31. The zero-order chi connectivity index (χ0) is 30.6. The van der Waals surface area contributed by atoms with Crippen LogP contribution in [0.2, 0.25) is 0 Å². The number of benzene rings is 3. The highest BCUT2D eigenvalue weighted by Gasteiger charge is 2.31. The van der Waals surface area contributed by atoms with Gasteiger partial charge in [-0.05, 0) is 66.1 Å². The molecule has 1 N–H and O–H groups in total. The van der Waals surface area contributed by atoms with Crippen LogP contribution in [0.4, 0.5) is 45.1 Å². The number of halogens is 5. The van der Waals surface area contributed by atoms with E-state index in [1.807, 2.05) is 6.92 Å². The highest BCUT2D eigenvalue weighted by atomic mass is 19.4. The Bertz CT molecular complexity index is 1620. The molecule has 1 aromatic heterocycles. The number of carbonyl (C=O) groups excluding carboxylic acids is 2. The van der Waals surface area contributed by atoms with E-state index < -0.39 is 35.6 Å². The number of nitrogens with one attached hydrogen (secondary N) is 1. The van der Waals surface area contributed by atoms with Crippen LogP contribution in [-0.2, 0) is 23.8 Å². The molecule has 0 atom stereocenters. The molecule has 0 aliphatic rings. The maximum Gasteiger partial charge on any atom is 0.416 e. The fraction of sp³-hybridized carbons (Fsp3) is 0.226. The Labute approximate surface area is 239 Å². The van der Waals surface area contributed by atoms with Gasteiger partial charge in [-0.1, -0.05) is 25.1 Å². The number of hydrogen-bond donors (Lipinski definition) is 1. The van der Waals surface area contributed by atoms with Crippen LogP contribution in [-0.4, -0.2) is 28.6 Å². The van der Waals surface area contributed by atoms with Gasteiger partial charge in [0.15, 0.2) is 17.4 Å². The third-order valence-electron chi connectivity index (χ3n) is 6.64. The number of aryl methyl sites for hydroxylation is 1. The molecular weight excluding hydrogens is 555 g/mol. The number of carbonyl (C=O) groups is 2. The third kappa shape index (κ3) is 7.15. The molecule has 4 aromatic rings. The Balaban J connectivity index is 1.46. The molecule has 0 spiro atoms. The molecule has 0 saturated heterocycles. The molecule has 0 radical (unpaired) electrons. The van der Waals surface area contributed by atoms with Crippen molar-refractivity contribution in [3.63, 3.8) is 0 Å². The Morgan fingerprint density at radius 2 is 1.64 bits per heavy atom. The molecule has 1 heterocycles. The lowest BCUT2D eigenvalue weighted by Crippen LogP contribution is -2.15. The minimum absolute atomic E-state index is 0.00966. The van der Waals surface area contributed by atoms with Crippen LogP contribution in [0.25, 0.3) is 0 Å². The first-order valence-corrected chi connectivity index (χ1v) is 13.0. The molecule has 218 valence electrons. The Morgan fingerprint density at radius 3 is 2.31 bits per heavy atom. The van der Waals surface area contributed by atoms with Crippen molar-refractivity contribution >= 4 is 34.7 Å². The van der Waals surface area contributed by atoms with Gasteiger partial charge in [-0.2, -0.15) is 18.2 Å². The maximum absolute atomic E-state index is 14.7. The van der Waals surface area contributed by atoms with Crippen LogP contribution in [0.3, 0.4) is 0 Å². The number of alkyl halides is 3. The number of hydrogen-bond acceptors (Lipinski definition) is 6. The Kier molecular flexibility index (Phi) is 8.99. The van der Waals surface area contributed by atoms with Crippen LogP contribution in [0, 0.1) is 18.6 Å². The highest BCUT2D eigenvalue weighted by molar-refractivity contribution is 5.98. The minimum atomic E-state index is -4.65. The number of ketones is 2. The molecule has 0 aliphatic heterocycles. The first-order chi connectivity index (χ1) is 19.8. The Hall–Kier alpha value is -4.67. The fourth-order valence-corrected chi connectivity index (χ4v) is 4.32. The van der Waals surface area contributed by atoms with Crippen LogP contribution < -0.4 is 10.2 Å². The second-order valence-electron chi connectivity index (χ2n) is 9.72. The molecule has 6 nitrogen and oxygen atoms in total. The summed E-state index contributed by atoms with van der Waals surface area (Å²) in [7, 11) is 1.59. The first-order valence-electron chi connectivity index (χ1n) is 13.0. The average Bonchev–Trinajstić information content (AvgIpc) is 2.95. The Morgan fingerprint density at radius 1 is 0.929 bits per heavy atom. The van der Waals surface area contributed by atoms with E-state index >= 15 is 0 Å². The quantitative estimate of drug-likeness (QED) is 0.154. The molecule has 0 unspecified atom stereocenters. The number of aromatic nitrogens is 2. The van der Waals surface area contributed by atoms with Crippen molar-refractivity contribution < 1.29 is 31.5 Å². The molecular formula is C31H27F5N4O2. The molecule has 11 heteroatoms. The molecule has 0 bridgehead atoms. The van der Waals surface area contributed by atoms with Crippen LogP contribution >= 0.6 is 0 Å². The maximum atomic E-state index is 14.7. The zero-order valence-electron chi connectivity index (χ0n) is 23.0. The zero-order valence-corrected chi connectivity index (χ0v) is 23.0. The van der Waals surface area contributed by atoms with E-state index in [1.54, 1.807) is 56.4 Å². The summed E-state index contributed by atoms with van der Waals surface area (Å²) >= 11 is 0. The number of Topliss-reactive ketones (excluding diaryl/α,β-unsaturated/α-hetero) is 2. The summed E-state index contributed by atoms with van der Waals surface area (Å²) in [5.41, 5.74) is 1.70. The lowest BCUT2D eigenvalue weighted by atomic mass is 10.0. The van der Waals surface area contributed by atoms with E-state index in [0.717, 1.165) is 11.8 Å². The van der Waals surface area contributed by atoms with Gasteiger partial charge < -0.3 is 10.2 Å². The molecule has 42 heavy (non-hydrogen) atoms. The first kappa shape index (κ1) is 30.3. The van der Waals surface area contributed by atoms with Gasteiger partial charge in [-0.15, -0.1) is 0 Å². The van der Waals surface area contributed by atoms with E-state index in [-0.39, 0.29) is 29.5 Å². The van der Waals surface area contributed by atoms with Crippen LogP contribution in [0.5, 0.6) is 0 Å². The van der Waals surface area contributed by atoms with Gasteiger partial charge in [0, 0.05) is 43.2 Å². The predicted molar refractivity (Wildman–Crippen MR) is 149 cm³/mol. The van der Waals surface area contributed by atoms with Crippen molar-refractivity contribution in [2.45, 2.75) is 39.3 Å². The topological polar surface area (TPSA) is 75.2 Å². The van der Waals surface area contributed by atoms with Crippen LogP contribution in [0.15, 0.2) is 66.9 Å². The summed E-state index contributed by atoms with van der Waals surface area (Å²) in [4.78, 5) is 34.5. The standard InChI is InChI=1S/C31H27F5N4O2/c1-4-28(42)25-16-22(9-5-18(25)2)38-30-37-17-27(33)29(39-30)40(3)23-10-6-19(7-11-23)13-24(41)15-20-14-21(31(34,35)36)8-12-26(20)32/h5-12,14,16-17H,4,13,15H2,1-3H3,(H,37,38,39). The van der Waals surface area contributed by atoms with Crippen molar-refractivity contribution in [2.75, 3.05) is 17.3 Å². The number of rotatable bonds is 10. The second kappa shape index (κ2) is 12.5. The van der Waals surface area contributed by atoms with Crippen molar-refractivity contribution in [1.82, 2.24) is 9.97 Å². The third-order valence-corrected chi connectivity index (χ3v) is 6.64. The van der Waals surface area contributed by atoms with Crippen molar-refractivity contribution in [3.8, 4) is 0 Å². The van der Waals surface area contributed by atoms with Crippen molar-refractivity contribution in [1.29, 1.82) is 0 Å². The summed E-state index contributed by atoms with van der Waals surface area (Å²) in [6.45, 7) is 3.62. The fourth-order valence-electron chi connectivity index (χ4n) is 4.32. The van der Waals surface area contributed by atoms with Gasteiger partial charge in [-0.25, -0.2) is 13.8 Å². The van der Waals surface area contributed by atoms with Gasteiger partial charge in [0.25, 0.3) is 0 Å². The molecule has 0 amide bonds. The molecule has 3 aromatic carbocycles. The number of nitrogens with zero attached hydrogens (tertiary/aromatic N) is 3. The van der Waals surface area contributed by atoms with E-state index in [1.165, 1.54) is 4.90 Å². The minimum Gasteiger partial charge on any atom is -0.327 e. The van der Waals surface area contributed by atoms with Gasteiger partial charge >= 0.3 is 6.18 Å². The summed E-state index contributed by atoms with van der Waals surface area (Å²) in [6, 6.07) is 13.7. The normalized spacial score (nSPS) is 11.3. The summed E-state index contributed by atoms with van der Waals surface area (Å²) in [5, 5.41) is 3.00. The van der Waals surface area contributed by atoms with Gasteiger partial charge in [-0.3, -0.25) is 9.59 Å². The smallest absolute Gasteiger partial charge is 0.327 e. The van der Waals surface area contributed by atoms with Crippen molar-refractivity contribution in [3.05, 3.63) is 106 Å². The van der Waals surface area contributed by atoms with E-state index in [2.05, 4.69) is 15.3 Å². The van der Waals surface area contributed by atoms with E-state index in [4.69, 9.17) is 0 Å². The van der Waals surface area contributed by atoms with Gasteiger partial charge in [0.1, 0.15) is 11.6 Å². The summed E-state index contributed by atoms with van der Waals surface area (Å²) < 4.78 is 67.7. The lowest BCUT2D eigenvalue weighted by Gasteiger charge is -2.20. The largest absolute Gasteiger partial charge is 0.416 e. The average molecular weight is 583 g/mol. The predicted octanol–water partition coefficient (Wildman–Crippen LogP) is 7.54. The summed E-state index contributed by atoms with van der Waals surface area (Å²) in [5.74, 6) is -1.96. The molecule has 0 saturated carbocycles. The lowest BCUT2D eigenvalue weighted by molar-refractivity contribution is -0.137. The monoisotopic (exact) mass is 582 g/mol. The van der Waals surface area contributed by atoms with Gasteiger partial charge in [0.05, 0.1) is 11.8 Å². The second-order valence-corrected chi connectivity index (χ2v) is 9.72.